The van der Waals surface area contributed by atoms with Gasteiger partial charge in [-0.1, -0.05) is 19.9 Å². The van der Waals surface area contributed by atoms with Crippen molar-refractivity contribution in [1.29, 1.82) is 0 Å². The van der Waals surface area contributed by atoms with Crippen molar-refractivity contribution >= 4 is 23.3 Å². The van der Waals surface area contributed by atoms with Gasteiger partial charge in [0.25, 0.3) is 0 Å². The maximum atomic E-state index is 12.9. The van der Waals surface area contributed by atoms with E-state index >= 15 is 0 Å². The molecule has 0 radical (unpaired) electrons. The van der Waals surface area contributed by atoms with Gasteiger partial charge in [-0.05, 0) is 77.3 Å². The van der Waals surface area contributed by atoms with Crippen LogP contribution < -0.4 is 15.4 Å². The third-order valence-corrected chi connectivity index (χ3v) is 6.11. The molecule has 8 nitrogen and oxygen atoms in total. The Morgan fingerprint density at radius 2 is 1.83 bits per heavy atom. The predicted octanol–water partition coefficient (Wildman–Crippen LogP) is 4.83. The Labute approximate surface area is 215 Å². The fourth-order valence-electron chi connectivity index (χ4n) is 3.66. The van der Waals surface area contributed by atoms with Crippen molar-refractivity contribution in [2.45, 2.75) is 79.8 Å². The summed E-state index contributed by atoms with van der Waals surface area (Å²) in [6, 6.07) is 7.95. The molecule has 2 rings (SSSR count). The van der Waals surface area contributed by atoms with Gasteiger partial charge >= 0.3 is 0 Å². The lowest BCUT2D eigenvalue weighted by atomic mass is 10.1. The molecule has 0 saturated carbocycles. The molecule has 196 valence electrons. The topological polar surface area (TPSA) is 97.6 Å². The highest BCUT2D eigenvalue weighted by molar-refractivity contribution is 6.02. The fourth-order valence-corrected chi connectivity index (χ4v) is 3.66. The Bertz CT molecular complexity index is 1100. The summed E-state index contributed by atoms with van der Waals surface area (Å²) < 4.78 is 7.15. The maximum absolute atomic E-state index is 12.9. The Kier molecular flexibility index (Phi) is 10.9. The van der Waals surface area contributed by atoms with E-state index in [4.69, 9.17) is 9.73 Å². The van der Waals surface area contributed by atoms with Crippen LogP contribution >= 0.6 is 0 Å². The van der Waals surface area contributed by atoms with Gasteiger partial charge in [0.05, 0.1) is 19.2 Å². The number of ether oxygens (including phenoxy) is 1. The quantitative estimate of drug-likeness (QED) is 0.325. The summed E-state index contributed by atoms with van der Waals surface area (Å²) in [5.41, 5.74) is 3.98. The van der Waals surface area contributed by atoms with Crippen LogP contribution in [-0.2, 0) is 16.0 Å². The second-order valence-electron chi connectivity index (χ2n) is 9.12. The summed E-state index contributed by atoms with van der Waals surface area (Å²) in [5.74, 6) is 1.13. The Morgan fingerprint density at radius 1 is 1.17 bits per heavy atom. The van der Waals surface area contributed by atoms with E-state index in [0.29, 0.717) is 11.4 Å². The number of allylic oxidation sites excluding steroid dienone is 1. The van der Waals surface area contributed by atoms with Crippen LogP contribution in [-0.4, -0.2) is 47.0 Å². The predicted molar refractivity (Wildman–Crippen MR) is 145 cm³/mol. The van der Waals surface area contributed by atoms with E-state index < -0.39 is 0 Å². The van der Waals surface area contributed by atoms with Crippen LogP contribution in [0.25, 0.3) is 0 Å². The van der Waals surface area contributed by atoms with E-state index in [9.17, 15) is 9.59 Å². The normalized spacial score (nSPS) is 13.0. The van der Waals surface area contributed by atoms with E-state index in [2.05, 4.69) is 22.7 Å². The summed E-state index contributed by atoms with van der Waals surface area (Å²) >= 11 is 0. The Morgan fingerprint density at radius 3 is 2.36 bits per heavy atom. The van der Waals surface area contributed by atoms with Crippen molar-refractivity contribution in [3.63, 3.8) is 0 Å². The fraction of sp³-hybridized carbons (Fsp3) is 0.500. The molecule has 0 saturated heterocycles. The molecule has 1 unspecified atom stereocenters. The molecule has 0 aliphatic carbocycles. The molecular formula is C28H41N5O3. The highest BCUT2D eigenvalue weighted by Gasteiger charge is 2.21. The molecule has 0 bridgehead atoms. The van der Waals surface area contributed by atoms with Gasteiger partial charge in [-0.2, -0.15) is 5.10 Å². The molecule has 1 aromatic carbocycles. The molecule has 0 fully saturated rings. The van der Waals surface area contributed by atoms with Crippen LogP contribution in [0.5, 0.6) is 5.75 Å². The molecular weight excluding hydrogens is 454 g/mol. The van der Waals surface area contributed by atoms with Gasteiger partial charge in [0.15, 0.2) is 5.82 Å². The molecule has 2 aromatic rings. The molecule has 2 N–H and O–H groups in total. The second kappa shape index (κ2) is 13.6. The Balaban J connectivity index is 2.29. The largest absolute Gasteiger partial charge is 0.497 e. The van der Waals surface area contributed by atoms with Gasteiger partial charge < -0.3 is 15.4 Å². The molecule has 36 heavy (non-hydrogen) atoms. The van der Waals surface area contributed by atoms with Crippen LogP contribution in [0.1, 0.15) is 77.2 Å². The number of benzene rings is 1. The van der Waals surface area contributed by atoms with E-state index in [0.717, 1.165) is 41.1 Å². The van der Waals surface area contributed by atoms with Crippen molar-refractivity contribution in [3.05, 3.63) is 52.7 Å². The smallest absolute Gasteiger partial charge is 0.248 e. The maximum Gasteiger partial charge on any atom is 0.248 e. The molecule has 2 amide bonds. The number of nitrogens with zero attached hydrogens (tertiary/aromatic N) is 3. The molecule has 1 heterocycles. The first-order chi connectivity index (χ1) is 17.1. The van der Waals surface area contributed by atoms with Crippen LogP contribution in [0.2, 0.25) is 0 Å². The number of carbonyl (C=O) groups excluding carboxylic acids is 2. The number of rotatable bonds is 12. The van der Waals surface area contributed by atoms with E-state index in [1.165, 1.54) is 0 Å². The number of hydrogen-bond donors (Lipinski definition) is 2. The second-order valence-corrected chi connectivity index (χ2v) is 9.12. The number of aliphatic imine (C=N–C) groups is 1. The third-order valence-electron chi connectivity index (χ3n) is 6.11. The first-order valence-corrected chi connectivity index (χ1v) is 12.7. The number of nitrogens with one attached hydrogen (secondary N) is 2. The minimum absolute atomic E-state index is 0.0755. The zero-order valence-corrected chi connectivity index (χ0v) is 22.9. The summed E-state index contributed by atoms with van der Waals surface area (Å²) in [4.78, 5) is 30.4. The standard InChI is InChI=1S/C28H41N5O3/c1-9-19(6)30-28(35)21(10-2)17-29-26(34)16-24-20(7)32-33(18(4)5)27(24)31-25(11-3)22-12-14-23(36-8)15-13-22/h10,12-15,18-19H,9,11,16-17H2,1-8H3,(H,29,34)(H,30,35). The summed E-state index contributed by atoms with van der Waals surface area (Å²) in [6.45, 7) is 14.0. The van der Waals surface area contributed by atoms with Crippen molar-refractivity contribution in [1.82, 2.24) is 20.4 Å². The van der Waals surface area contributed by atoms with Gasteiger partial charge in [-0.15, -0.1) is 0 Å². The zero-order chi connectivity index (χ0) is 26.8. The van der Waals surface area contributed by atoms with Gasteiger partial charge in [0.1, 0.15) is 5.75 Å². The van der Waals surface area contributed by atoms with Gasteiger partial charge in [0.2, 0.25) is 11.8 Å². The molecule has 0 spiro atoms. The van der Waals surface area contributed by atoms with Crippen molar-refractivity contribution < 1.29 is 14.3 Å². The van der Waals surface area contributed by atoms with Crippen molar-refractivity contribution in [3.8, 4) is 5.75 Å². The van der Waals surface area contributed by atoms with Crippen molar-refractivity contribution in [2.24, 2.45) is 4.99 Å². The van der Waals surface area contributed by atoms with Crippen LogP contribution in [0.15, 0.2) is 40.9 Å². The third kappa shape index (κ3) is 7.54. The SMILES string of the molecule is CC=C(CNC(=O)Cc1c(C)nn(C(C)C)c1N=C(CC)c1ccc(OC)cc1)C(=O)NC(C)CC. The monoisotopic (exact) mass is 495 g/mol. The summed E-state index contributed by atoms with van der Waals surface area (Å²) in [7, 11) is 1.64. The number of aromatic nitrogens is 2. The van der Waals surface area contributed by atoms with Gasteiger partial charge in [-0.25, -0.2) is 9.67 Å². The lowest BCUT2D eigenvalue weighted by molar-refractivity contribution is -0.120. The van der Waals surface area contributed by atoms with E-state index in [1.54, 1.807) is 20.1 Å². The number of amides is 2. The molecule has 1 atom stereocenters. The van der Waals surface area contributed by atoms with E-state index in [1.807, 2.05) is 63.6 Å². The highest BCUT2D eigenvalue weighted by Crippen LogP contribution is 2.28. The molecule has 8 heteroatoms. The first kappa shape index (κ1) is 28.8. The first-order valence-electron chi connectivity index (χ1n) is 12.7. The number of hydrogen-bond acceptors (Lipinski definition) is 5. The number of carbonyl (C=O) groups is 2. The van der Waals surface area contributed by atoms with Gasteiger partial charge in [0, 0.05) is 35.5 Å². The minimum Gasteiger partial charge on any atom is -0.497 e. The molecule has 0 aliphatic rings. The lowest BCUT2D eigenvalue weighted by Crippen LogP contribution is -2.37. The average Bonchev–Trinajstić information content (AvgIpc) is 3.17. The van der Waals surface area contributed by atoms with Crippen LogP contribution in [0.3, 0.4) is 0 Å². The number of aryl methyl sites for hydroxylation is 1. The van der Waals surface area contributed by atoms with Crippen molar-refractivity contribution in [2.75, 3.05) is 13.7 Å². The average molecular weight is 496 g/mol. The summed E-state index contributed by atoms with van der Waals surface area (Å²) in [5, 5.41) is 10.5. The van der Waals surface area contributed by atoms with Crippen LogP contribution in [0.4, 0.5) is 5.82 Å². The van der Waals surface area contributed by atoms with Gasteiger partial charge in [-0.3, -0.25) is 9.59 Å². The summed E-state index contributed by atoms with van der Waals surface area (Å²) in [6.07, 6.45) is 3.42. The van der Waals surface area contributed by atoms with Crippen LogP contribution in [0, 0.1) is 6.92 Å². The molecule has 1 aromatic heterocycles. The number of methoxy groups -OCH3 is 1. The highest BCUT2D eigenvalue weighted by atomic mass is 16.5. The van der Waals surface area contributed by atoms with E-state index in [-0.39, 0.29) is 36.9 Å². The molecule has 0 aliphatic heterocycles. The minimum atomic E-state index is -0.184. The Hall–Kier alpha value is -3.42. The zero-order valence-electron chi connectivity index (χ0n) is 22.9. The lowest BCUT2D eigenvalue weighted by Gasteiger charge is -2.14.